The lowest BCUT2D eigenvalue weighted by molar-refractivity contribution is -0.140. The molecule has 0 radical (unpaired) electrons. The van der Waals surface area contributed by atoms with Crippen LogP contribution in [-0.4, -0.2) is 40.8 Å². The monoisotopic (exact) mass is 382 g/mol. The Kier molecular flexibility index (Phi) is 10.9. The number of Topliss-reactive ketones (excluding diaryl/α,β-unsaturated/α-hetero) is 1. The van der Waals surface area contributed by atoms with Crippen molar-refractivity contribution in [2.75, 3.05) is 7.11 Å². The summed E-state index contributed by atoms with van der Waals surface area (Å²) in [6.45, 7) is 3.92. The van der Waals surface area contributed by atoms with Crippen LogP contribution in [0.1, 0.15) is 84.5 Å². The van der Waals surface area contributed by atoms with Gasteiger partial charge in [-0.3, -0.25) is 9.59 Å². The predicted molar refractivity (Wildman–Crippen MR) is 106 cm³/mol. The van der Waals surface area contributed by atoms with Crippen LogP contribution in [0.15, 0.2) is 12.2 Å². The molecule has 1 aliphatic carbocycles. The fourth-order valence-corrected chi connectivity index (χ4v) is 3.74. The predicted octanol–water partition coefficient (Wildman–Crippen LogP) is 3.95. The lowest BCUT2D eigenvalue weighted by atomic mass is 9.93. The molecule has 0 heterocycles. The molecule has 0 bridgehead atoms. The highest BCUT2D eigenvalue weighted by molar-refractivity contribution is 5.87. The molecule has 1 rings (SSSR count). The first-order valence-electron chi connectivity index (χ1n) is 10.5. The summed E-state index contributed by atoms with van der Waals surface area (Å²) in [7, 11) is 1.40. The summed E-state index contributed by atoms with van der Waals surface area (Å²) in [5.41, 5.74) is -0.747. The Morgan fingerprint density at radius 2 is 1.96 bits per heavy atom. The van der Waals surface area contributed by atoms with Crippen LogP contribution in [0, 0.1) is 11.8 Å². The van der Waals surface area contributed by atoms with E-state index in [1.165, 1.54) is 7.11 Å². The molecule has 1 fully saturated rings. The molecule has 4 atom stereocenters. The Labute approximate surface area is 164 Å². The van der Waals surface area contributed by atoms with Crippen LogP contribution in [-0.2, 0) is 14.3 Å². The second-order valence-corrected chi connectivity index (χ2v) is 8.19. The number of carbonyl (C=O) groups is 2. The maximum Gasteiger partial charge on any atom is 0.305 e. The van der Waals surface area contributed by atoms with Gasteiger partial charge in [-0.15, -0.1) is 0 Å². The Balaban J connectivity index is 2.32. The van der Waals surface area contributed by atoms with Crippen molar-refractivity contribution in [1.82, 2.24) is 0 Å². The Morgan fingerprint density at radius 1 is 1.26 bits per heavy atom. The molecule has 0 unspecified atom stereocenters. The van der Waals surface area contributed by atoms with E-state index in [1.54, 1.807) is 6.08 Å². The van der Waals surface area contributed by atoms with E-state index in [0.29, 0.717) is 19.3 Å². The van der Waals surface area contributed by atoms with Gasteiger partial charge in [-0.25, -0.2) is 0 Å². The third-order valence-electron chi connectivity index (χ3n) is 5.55. The standard InChI is InChI=1S/C22H38O5/c1-4-5-14-22(2,26)15-10-12-18-19(23)16-17(21(18)25)11-8-6-7-9-13-20(24)27-3/h10,12,17-19,23,26H,4-9,11,13-16H2,1-3H3/t17-,18-,19-,22+/m1/s1. The molecular formula is C22H38O5. The molecular weight excluding hydrogens is 344 g/mol. The van der Waals surface area contributed by atoms with Crippen LogP contribution in [0.5, 0.6) is 0 Å². The number of carbonyl (C=O) groups excluding carboxylic acids is 2. The third kappa shape index (κ3) is 9.02. The summed E-state index contributed by atoms with van der Waals surface area (Å²) < 4.78 is 4.61. The van der Waals surface area contributed by atoms with Gasteiger partial charge in [0.05, 0.1) is 24.7 Å². The second-order valence-electron chi connectivity index (χ2n) is 8.19. The molecule has 0 amide bonds. The van der Waals surface area contributed by atoms with Crippen molar-refractivity contribution in [3.8, 4) is 0 Å². The quantitative estimate of drug-likeness (QED) is 0.286. The van der Waals surface area contributed by atoms with Crippen molar-refractivity contribution in [2.45, 2.75) is 96.2 Å². The number of esters is 1. The first-order chi connectivity index (χ1) is 12.8. The van der Waals surface area contributed by atoms with Crippen molar-refractivity contribution < 1.29 is 24.5 Å². The van der Waals surface area contributed by atoms with E-state index in [2.05, 4.69) is 11.7 Å². The minimum absolute atomic E-state index is 0.0733. The van der Waals surface area contributed by atoms with Gasteiger partial charge in [-0.05, 0) is 39.0 Å². The van der Waals surface area contributed by atoms with E-state index >= 15 is 0 Å². The number of aliphatic hydroxyl groups excluding tert-OH is 1. The molecule has 0 saturated heterocycles. The number of unbranched alkanes of at least 4 members (excludes halogenated alkanes) is 4. The minimum atomic E-state index is -0.747. The number of hydrogen-bond acceptors (Lipinski definition) is 5. The lowest BCUT2D eigenvalue weighted by Crippen LogP contribution is -2.23. The average Bonchev–Trinajstić information content (AvgIpc) is 2.90. The fourth-order valence-electron chi connectivity index (χ4n) is 3.74. The highest BCUT2D eigenvalue weighted by Gasteiger charge is 2.39. The SMILES string of the molecule is CCCC[C@](C)(O)CC=C[C@H]1C(=O)[C@H](CCCCCCC(=O)OC)C[C@H]1O. The molecule has 0 spiro atoms. The van der Waals surface area contributed by atoms with Crippen molar-refractivity contribution in [3.05, 3.63) is 12.2 Å². The van der Waals surface area contributed by atoms with Gasteiger partial charge in [0, 0.05) is 12.3 Å². The van der Waals surface area contributed by atoms with Crippen molar-refractivity contribution in [3.63, 3.8) is 0 Å². The summed E-state index contributed by atoms with van der Waals surface area (Å²) in [5, 5.41) is 20.6. The van der Waals surface area contributed by atoms with E-state index in [4.69, 9.17) is 0 Å². The van der Waals surface area contributed by atoms with Gasteiger partial charge in [0.2, 0.25) is 0 Å². The lowest BCUT2D eigenvalue weighted by Gasteiger charge is -2.21. The molecule has 2 N–H and O–H groups in total. The smallest absolute Gasteiger partial charge is 0.305 e. The number of ether oxygens (including phenoxy) is 1. The summed E-state index contributed by atoms with van der Waals surface area (Å²) >= 11 is 0. The van der Waals surface area contributed by atoms with Crippen LogP contribution in [0.25, 0.3) is 0 Å². The van der Waals surface area contributed by atoms with Crippen molar-refractivity contribution in [2.24, 2.45) is 11.8 Å². The molecule has 5 nitrogen and oxygen atoms in total. The van der Waals surface area contributed by atoms with Crippen molar-refractivity contribution >= 4 is 11.8 Å². The summed E-state index contributed by atoms with van der Waals surface area (Å²) in [6.07, 6.45) is 11.8. The Morgan fingerprint density at radius 3 is 2.63 bits per heavy atom. The highest BCUT2D eigenvalue weighted by atomic mass is 16.5. The topological polar surface area (TPSA) is 83.8 Å². The van der Waals surface area contributed by atoms with Crippen LogP contribution in [0.3, 0.4) is 0 Å². The second kappa shape index (κ2) is 12.3. The van der Waals surface area contributed by atoms with Gasteiger partial charge in [-0.2, -0.15) is 0 Å². The number of rotatable bonds is 13. The van der Waals surface area contributed by atoms with E-state index in [0.717, 1.165) is 51.4 Å². The third-order valence-corrected chi connectivity index (χ3v) is 5.55. The molecule has 0 aromatic carbocycles. The summed E-state index contributed by atoms with van der Waals surface area (Å²) in [4.78, 5) is 23.6. The van der Waals surface area contributed by atoms with Crippen LogP contribution in [0.4, 0.5) is 0 Å². The first kappa shape index (κ1) is 23.8. The molecule has 1 saturated carbocycles. The summed E-state index contributed by atoms with van der Waals surface area (Å²) in [5.74, 6) is -0.555. The normalized spacial score (nSPS) is 25.1. The number of methoxy groups -OCH3 is 1. The van der Waals surface area contributed by atoms with E-state index < -0.39 is 17.6 Å². The van der Waals surface area contributed by atoms with Gasteiger partial charge in [0.25, 0.3) is 0 Å². The molecule has 1 aliphatic rings. The summed E-state index contributed by atoms with van der Waals surface area (Å²) in [6, 6.07) is 0. The van der Waals surface area contributed by atoms with Gasteiger partial charge in [0.15, 0.2) is 0 Å². The molecule has 0 aromatic rings. The maximum absolute atomic E-state index is 12.6. The molecule has 0 aliphatic heterocycles. The number of aliphatic hydroxyl groups is 2. The maximum atomic E-state index is 12.6. The molecule has 0 aromatic heterocycles. The highest BCUT2D eigenvalue weighted by Crippen LogP contribution is 2.33. The van der Waals surface area contributed by atoms with Crippen LogP contribution >= 0.6 is 0 Å². The van der Waals surface area contributed by atoms with Gasteiger partial charge in [0.1, 0.15) is 5.78 Å². The van der Waals surface area contributed by atoms with E-state index in [9.17, 15) is 19.8 Å². The van der Waals surface area contributed by atoms with Gasteiger partial charge >= 0.3 is 5.97 Å². The zero-order valence-electron chi connectivity index (χ0n) is 17.3. The Hall–Kier alpha value is -1.20. The van der Waals surface area contributed by atoms with Gasteiger partial charge < -0.3 is 14.9 Å². The van der Waals surface area contributed by atoms with Crippen LogP contribution < -0.4 is 0 Å². The molecule has 27 heavy (non-hydrogen) atoms. The van der Waals surface area contributed by atoms with E-state index in [1.807, 2.05) is 13.0 Å². The first-order valence-corrected chi connectivity index (χ1v) is 10.5. The average molecular weight is 383 g/mol. The Bertz CT molecular complexity index is 483. The minimum Gasteiger partial charge on any atom is -0.469 e. The van der Waals surface area contributed by atoms with E-state index in [-0.39, 0.29) is 17.7 Å². The van der Waals surface area contributed by atoms with Crippen LogP contribution in [0.2, 0.25) is 0 Å². The molecule has 5 heteroatoms. The van der Waals surface area contributed by atoms with Gasteiger partial charge in [-0.1, -0.05) is 51.2 Å². The largest absolute Gasteiger partial charge is 0.469 e. The zero-order valence-corrected chi connectivity index (χ0v) is 17.3. The number of ketones is 1. The van der Waals surface area contributed by atoms with Crippen molar-refractivity contribution in [1.29, 1.82) is 0 Å². The fraction of sp³-hybridized carbons (Fsp3) is 0.818. The zero-order chi connectivity index (χ0) is 20.3. The number of hydrogen-bond donors (Lipinski definition) is 2. The molecule has 156 valence electrons.